The Morgan fingerprint density at radius 2 is 2.33 bits per heavy atom. The van der Waals surface area contributed by atoms with Gasteiger partial charge in [0.25, 0.3) is 0 Å². The van der Waals surface area contributed by atoms with Crippen LogP contribution in [0.2, 0.25) is 0 Å². The van der Waals surface area contributed by atoms with Crippen LogP contribution in [0.4, 0.5) is 0 Å². The first-order valence-electron chi connectivity index (χ1n) is 3.52. The summed E-state index contributed by atoms with van der Waals surface area (Å²) < 4.78 is 5.02. The summed E-state index contributed by atoms with van der Waals surface area (Å²) in [5.74, 6) is 0.799. The van der Waals surface area contributed by atoms with Gasteiger partial charge in [0.05, 0.1) is 13.8 Å². The Bertz CT molecular complexity index is 260. The Morgan fingerprint density at radius 1 is 1.50 bits per heavy atom. The molecule has 0 saturated heterocycles. The van der Waals surface area contributed by atoms with Crippen LogP contribution >= 0.6 is 0 Å². The van der Waals surface area contributed by atoms with E-state index >= 15 is 0 Å². The number of hydrogen-bond acceptors (Lipinski definition) is 3. The van der Waals surface area contributed by atoms with Gasteiger partial charge in [-0.05, 0) is 17.7 Å². The minimum atomic E-state index is 0.369. The third-order valence-corrected chi connectivity index (χ3v) is 1.44. The molecule has 0 fully saturated rings. The second-order valence-corrected chi connectivity index (χ2v) is 2.23. The molecule has 1 rings (SSSR count). The number of nitrogens with zero attached hydrogens (tertiary/aromatic N) is 1. The van der Waals surface area contributed by atoms with Crippen LogP contribution in [-0.2, 0) is 11.4 Å². The van der Waals surface area contributed by atoms with Gasteiger partial charge in [0.2, 0.25) is 0 Å². The van der Waals surface area contributed by atoms with Crippen LogP contribution in [0, 0.1) is 0 Å². The van der Waals surface area contributed by atoms with Crippen LogP contribution in [0.3, 0.4) is 0 Å². The van der Waals surface area contributed by atoms with E-state index in [2.05, 4.69) is 9.99 Å². The van der Waals surface area contributed by atoms with Crippen LogP contribution in [0.1, 0.15) is 5.56 Å². The molecule has 1 aromatic rings. The van der Waals surface area contributed by atoms with E-state index in [4.69, 9.17) is 11.5 Å². The van der Waals surface area contributed by atoms with Crippen LogP contribution in [0.25, 0.3) is 0 Å². The van der Waals surface area contributed by atoms with E-state index in [1.54, 1.807) is 7.11 Å². The molecule has 63 valence electrons. The molecule has 1 radical (unpaired) electrons. The van der Waals surface area contributed by atoms with E-state index in [1.807, 2.05) is 24.3 Å². The van der Waals surface area contributed by atoms with E-state index in [0.29, 0.717) is 6.61 Å². The molecule has 0 aliphatic rings. The highest BCUT2D eigenvalue weighted by atomic mass is 16.6. The Morgan fingerprint density at radius 3 is 3.00 bits per heavy atom. The predicted octanol–water partition coefficient (Wildman–Crippen LogP) is 1.70. The number of methoxy groups -OCH3 is 1. The molecular weight excluding hydrogens is 154 g/mol. The summed E-state index contributed by atoms with van der Waals surface area (Å²) in [6.45, 7) is 5.19. The van der Waals surface area contributed by atoms with Gasteiger partial charge in [-0.2, -0.15) is 0 Å². The zero-order valence-corrected chi connectivity index (χ0v) is 6.86. The van der Waals surface area contributed by atoms with Crippen LogP contribution in [-0.4, -0.2) is 13.8 Å². The monoisotopic (exact) mass is 164 g/mol. The van der Waals surface area contributed by atoms with Gasteiger partial charge in [0, 0.05) is 0 Å². The van der Waals surface area contributed by atoms with E-state index in [1.165, 1.54) is 0 Å². The van der Waals surface area contributed by atoms with Crippen molar-refractivity contribution < 1.29 is 9.57 Å². The summed E-state index contributed by atoms with van der Waals surface area (Å²) in [5.41, 5.74) is 0.976. The maximum absolute atomic E-state index is 5.02. The van der Waals surface area contributed by atoms with Gasteiger partial charge >= 0.3 is 0 Å². The van der Waals surface area contributed by atoms with Crippen molar-refractivity contribution in [2.45, 2.75) is 6.61 Å². The molecule has 0 aliphatic carbocycles. The Labute approximate surface area is 71.6 Å². The highest BCUT2D eigenvalue weighted by molar-refractivity contribution is 5.28. The molecule has 0 bridgehead atoms. The molecule has 12 heavy (non-hydrogen) atoms. The average Bonchev–Trinajstić information content (AvgIpc) is 2.15. The highest BCUT2D eigenvalue weighted by Gasteiger charge is 1.94. The lowest BCUT2D eigenvalue weighted by Gasteiger charge is -2.02. The molecule has 1 aromatic carbocycles. The summed E-state index contributed by atoms with van der Waals surface area (Å²) in [5, 5.41) is 3.05. The topological polar surface area (TPSA) is 30.8 Å². The van der Waals surface area contributed by atoms with E-state index in [9.17, 15) is 0 Å². The maximum Gasteiger partial charge on any atom is 0.142 e. The first kappa shape index (κ1) is 8.59. The molecule has 3 heteroatoms. The van der Waals surface area contributed by atoms with Gasteiger partial charge in [-0.25, -0.2) is 0 Å². The molecule has 0 spiro atoms. The third kappa shape index (κ3) is 2.27. The van der Waals surface area contributed by atoms with Gasteiger partial charge < -0.3 is 9.57 Å². The molecule has 3 nitrogen and oxygen atoms in total. The van der Waals surface area contributed by atoms with Crippen molar-refractivity contribution in [3.63, 3.8) is 0 Å². The van der Waals surface area contributed by atoms with Crippen LogP contribution in [0.5, 0.6) is 5.75 Å². The number of benzene rings is 1. The first-order valence-corrected chi connectivity index (χ1v) is 3.52. The van der Waals surface area contributed by atoms with Crippen molar-refractivity contribution in [2.24, 2.45) is 5.16 Å². The molecular formula is C9H10NO2. The van der Waals surface area contributed by atoms with Crippen LogP contribution in [0.15, 0.2) is 29.4 Å². The number of rotatable bonds is 4. The molecule has 0 saturated carbocycles. The van der Waals surface area contributed by atoms with Gasteiger partial charge in [-0.3, -0.25) is 0 Å². The minimum absolute atomic E-state index is 0.369. The second kappa shape index (κ2) is 4.38. The second-order valence-electron chi connectivity index (χ2n) is 2.23. The van der Waals surface area contributed by atoms with Crippen molar-refractivity contribution in [2.75, 3.05) is 7.11 Å². The molecule has 0 amide bonds. The van der Waals surface area contributed by atoms with Gasteiger partial charge in [0.1, 0.15) is 12.4 Å². The fourth-order valence-corrected chi connectivity index (χ4v) is 0.874. The predicted molar refractivity (Wildman–Crippen MR) is 46.3 cm³/mol. The normalized spacial score (nSPS) is 9.08. The first-order chi connectivity index (χ1) is 5.86. The summed E-state index contributed by atoms with van der Waals surface area (Å²) in [7, 11) is 1.62. The van der Waals surface area contributed by atoms with Crippen molar-refractivity contribution in [1.82, 2.24) is 0 Å². The van der Waals surface area contributed by atoms with Gasteiger partial charge in [0.15, 0.2) is 0 Å². The third-order valence-electron chi connectivity index (χ3n) is 1.44. The maximum atomic E-state index is 5.02. The van der Waals surface area contributed by atoms with Crippen molar-refractivity contribution in [3.8, 4) is 5.75 Å². The lowest BCUT2D eigenvalue weighted by Crippen LogP contribution is -1.88. The van der Waals surface area contributed by atoms with Crippen molar-refractivity contribution >= 4 is 6.72 Å². The quantitative estimate of drug-likeness (QED) is 0.501. The SMILES string of the molecule is [CH]=NOCc1cccc(OC)c1. The lowest BCUT2D eigenvalue weighted by atomic mass is 10.2. The molecule has 0 N–H and O–H groups in total. The Balaban J connectivity index is 2.65. The minimum Gasteiger partial charge on any atom is -0.497 e. The van der Waals surface area contributed by atoms with Gasteiger partial charge in [-0.15, -0.1) is 0 Å². The molecule has 0 unspecified atom stereocenters. The zero-order chi connectivity index (χ0) is 8.81. The number of hydrogen-bond donors (Lipinski definition) is 0. The summed E-state index contributed by atoms with van der Waals surface area (Å²) in [6, 6.07) is 7.52. The molecule has 0 atom stereocenters. The smallest absolute Gasteiger partial charge is 0.142 e. The standard InChI is InChI=1S/C9H10NO2/c1-10-12-7-8-4-3-5-9(6-8)11-2/h1,3-6H,7H2,2H3. The highest BCUT2D eigenvalue weighted by Crippen LogP contribution is 2.12. The largest absolute Gasteiger partial charge is 0.497 e. The van der Waals surface area contributed by atoms with E-state index in [-0.39, 0.29) is 0 Å². The van der Waals surface area contributed by atoms with E-state index < -0.39 is 0 Å². The summed E-state index contributed by atoms with van der Waals surface area (Å²) in [6.07, 6.45) is 0. The van der Waals surface area contributed by atoms with Crippen molar-refractivity contribution in [1.29, 1.82) is 0 Å². The molecule has 0 aliphatic heterocycles. The van der Waals surface area contributed by atoms with Gasteiger partial charge in [-0.1, -0.05) is 17.3 Å². The zero-order valence-electron chi connectivity index (χ0n) is 6.86. The van der Waals surface area contributed by atoms with Crippen molar-refractivity contribution in [3.05, 3.63) is 29.8 Å². The van der Waals surface area contributed by atoms with E-state index in [0.717, 1.165) is 11.3 Å². The Kier molecular flexibility index (Phi) is 3.14. The van der Waals surface area contributed by atoms with Crippen LogP contribution < -0.4 is 4.74 Å². The fraction of sp³-hybridized carbons (Fsp3) is 0.222. The molecule has 0 aromatic heterocycles. The lowest BCUT2D eigenvalue weighted by molar-refractivity contribution is 0.133. The number of ether oxygens (including phenoxy) is 1. The Hall–Kier alpha value is -1.51. The fourth-order valence-electron chi connectivity index (χ4n) is 0.874. The average molecular weight is 164 g/mol. The molecule has 0 heterocycles. The summed E-state index contributed by atoms with van der Waals surface area (Å²) >= 11 is 0. The summed E-state index contributed by atoms with van der Waals surface area (Å²) in [4.78, 5) is 4.67.